The molecule has 24 bridgehead atoms. The van der Waals surface area contributed by atoms with Gasteiger partial charge in [0.2, 0.25) is 34.5 Å². The number of nitrogens with zero attached hydrogens (tertiary/aromatic N) is 3. The summed E-state index contributed by atoms with van der Waals surface area (Å²) in [5.41, 5.74) is 4.18. The highest BCUT2D eigenvalue weighted by Gasteiger charge is 2.63. The molecule has 698 valence electrons. The van der Waals surface area contributed by atoms with Gasteiger partial charge in [-0.3, -0.25) is 30.3 Å². The van der Waals surface area contributed by atoms with E-state index in [0.717, 1.165) is 96.3 Å². The largest absolute Gasteiger partial charge is 0.493 e. The fourth-order valence-corrected chi connectivity index (χ4v) is 24.8. The molecule has 0 unspecified atom stereocenters. The molecule has 7 aromatic rings. The lowest BCUT2D eigenvalue weighted by Gasteiger charge is -2.63. The number of alkyl halides is 3. The van der Waals surface area contributed by atoms with Gasteiger partial charge in [0, 0.05) is 0 Å². The molecule has 0 N–H and O–H groups in total. The Hall–Kier alpha value is -12.6. The van der Waals surface area contributed by atoms with E-state index >= 15 is 0 Å². The van der Waals surface area contributed by atoms with Gasteiger partial charge in [0.1, 0.15) is 39.6 Å². The fraction of sp³-hybridized carbons (Fsp3) is 0.476. The first-order valence-electron chi connectivity index (χ1n) is 44.0. The minimum Gasteiger partial charge on any atom is -0.493 e. The third-order valence-corrected chi connectivity index (χ3v) is 28.6. The van der Waals surface area contributed by atoms with Crippen LogP contribution in [0.3, 0.4) is 0 Å². The molecule has 27 nitrogen and oxygen atoms in total. The molecule has 0 atom stereocenters. The van der Waals surface area contributed by atoms with Crippen molar-refractivity contribution in [1.29, 1.82) is 0 Å². The van der Waals surface area contributed by atoms with Crippen LogP contribution in [-0.2, 0) is 32.5 Å². The van der Waals surface area contributed by atoms with Gasteiger partial charge < -0.3 is 85.3 Å². The lowest BCUT2D eigenvalue weighted by atomic mass is 9.41. The fourth-order valence-electron chi connectivity index (χ4n) is 24.8. The third-order valence-electron chi connectivity index (χ3n) is 28.6. The monoisotopic (exact) mass is 1870 g/mol. The minimum absolute atomic E-state index is 0.0483. The van der Waals surface area contributed by atoms with E-state index in [9.17, 15) is 30.3 Å². The summed E-state index contributed by atoms with van der Waals surface area (Å²) in [5.74, 6) is 49.2. The maximum Gasteiger partial charge on any atom is 0.283 e. The van der Waals surface area contributed by atoms with Crippen LogP contribution >= 0.6 is 34.8 Å². The van der Waals surface area contributed by atoms with Crippen molar-refractivity contribution in [3.8, 4) is 175 Å². The smallest absolute Gasteiger partial charge is 0.283 e. The van der Waals surface area contributed by atoms with Crippen molar-refractivity contribution in [2.75, 3.05) is 125 Å². The SMILES string of the molecule is COc1cc2cc(OC)c1OCC#CC#CCOc1c(OC)cc(cc1OC)C13CC4CC(C1)CC(C4)(C3)c1cc(OC)c(c(OC)c1)OCC#CC#CCOc1c(OC)cc(cc1OC)C13CC4CC(CC(C4)(C1)c1cc(OC)c(c(OC)c1)OCC#CC#CCOc1c(OC)cc(cc1OC)C14CC5CC(CC2(C5)C1)C4)C3.ClC(Cl)Cl.O=[N+]([O-])c1cc([N+](=O)[O-])cc([N+](=O)[O-])c1. The van der Waals surface area contributed by atoms with E-state index < -0.39 is 36.1 Å². The minimum atomic E-state index is -0.931. The van der Waals surface area contributed by atoms with Crippen LogP contribution in [-0.4, -0.2) is 144 Å². The zero-order valence-electron chi connectivity index (χ0n) is 76.4. The topological polar surface area (TPSA) is 296 Å². The Morgan fingerprint density at radius 1 is 0.263 bits per heavy atom. The van der Waals surface area contributed by atoms with Crippen LogP contribution in [0.4, 0.5) is 17.1 Å². The second kappa shape index (κ2) is 40.4. The van der Waals surface area contributed by atoms with E-state index in [1.165, 1.54) is 52.6 Å². The summed E-state index contributed by atoms with van der Waals surface area (Å²) in [4.78, 5) is 28.1. The second-order valence-corrected chi connectivity index (χ2v) is 38.1. The van der Waals surface area contributed by atoms with Crippen molar-refractivity contribution < 1.29 is 100 Å². The van der Waals surface area contributed by atoms with E-state index in [2.05, 4.69) is 144 Å². The molecule has 0 aromatic heterocycles. The molecular weight excluding hydrogens is 1770 g/mol. The van der Waals surface area contributed by atoms with Crippen molar-refractivity contribution in [3.63, 3.8) is 0 Å². The van der Waals surface area contributed by atoms with Gasteiger partial charge in [-0.2, -0.15) is 0 Å². The maximum absolute atomic E-state index is 10.3. The van der Waals surface area contributed by atoms with Gasteiger partial charge in [0.15, 0.2) is 73.3 Å². The zero-order valence-corrected chi connectivity index (χ0v) is 78.7. The van der Waals surface area contributed by atoms with E-state index in [1.807, 2.05) is 0 Å². The van der Waals surface area contributed by atoms with E-state index in [4.69, 9.17) is 120 Å². The molecule has 12 aliphatic carbocycles. The first-order chi connectivity index (χ1) is 64.2. The number of nitro benzene ring substituents is 3. The highest BCUT2D eigenvalue weighted by Crippen LogP contribution is 2.72. The van der Waals surface area contributed by atoms with Crippen molar-refractivity contribution in [2.24, 2.45) is 35.5 Å². The summed E-state index contributed by atoms with van der Waals surface area (Å²) >= 11 is 14.4. The number of nitro groups is 3. The normalized spacial score (nSPS) is 25.6. The summed E-state index contributed by atoms with van der Waals surface area (Å²) in [6.07, 6.45) is 19.2. The summed E-state index contributed by atoms with van der Waals surface area (Å²) in [6.45, 7) is 0.290. The predicted molar refractivity (Wildman–Crippen MR) is 499 cm³/mol. The van der Waals surface area contributed by atoms with Gasteiger partial charge in [0.25, 0.3) is 17.1 Å². The lowest BCUT2D eigenvalue weighted by Crippen LogP contribution is -2.56. The maximum atomic E-state index is 10.3. The van der Waals surface area contributed by atoms with Gasteiger partial charge in [-0.05, 0) is 361 Å². The average Bonchev–Trinajstić information content (AvgIpc) is 0.708. The number of methoxy groups -OCH3 is 12. The quantitative estimate of drug-likeness (QED) is 0.0398. The van der Waals surface area contributed by atoms with Crippen LogP contribution in [0, 0.1) is 137 Å². The molecule has 133 heavy (non-hydrogen) atoms. The molecule has 22 aliphatic rings. The van der Waals surface area contributed by atoms with Crippen LogP contribution in [0.2, 0.25) is 0 Å². The van der Waals surface area contributed by atoms with E-state index in [1.54, 1.807) is 85.3 Å². The highest BCUT2D eigenvalue weighted by atomic mass is 35.6. The standard InChI is InChI=1S/C96H102O18.C6H3N3O6.CHCl3/c1-97-73-34-67-35-74(98-2)85(73)109-25-19-13-14-20-26-110-87-77(101-5)38-69(39-78(87)102-6)93-50-63-32-64(51-93)53-94(52-63,59-93)70-40-79(103-7)89(80(41-70)104-8)113-29-23-17-18-24-30-114-90-83(107-11)44-72(45-84(90)108-12)96-56-65-33-66(57-96)55-95(54-65,60-96)71-42-81(105-9)88(82(43-71)106-10)112-28-22-16-15-21-27-111-86-75(99-3)36-68(37-76(86)100-4)92-48-61-31-62(49-92)47-91(67,46-61)58-92;10-7(11)4-1-5(8(12)13)3-6(2-4)9(14)15;2-1(3)4/h34-45,61-66H,25-33,46-60H2,1-12H3;1-3H;1H. The number of fused-ring (bicyclic) bond motifs is 2. The van der Waals surface area contributed by atoms with E-state index in [-0.39, 0.29) is 72.1 Å². The molecule has 0 saturated heterocycles. The third kappa shape index (κ3) is 19.5. The van der Waals surface area contributed by atoms with Gasteiger partial charge >= 0.3 is 0 Å². The summed E-state index contributed by atoms with van der Waals surface area (Å²) in [7, 11) is 20.0. The number of hydrogen-bond acceptors (Lipinski definition) is 24. The van der Waals surface area contributed by atoms with Crippen molar-refractivity contribution >= 4 is 51.9 Å². The van der Waals surface area contributed by atoms with Gasteiger partial charge in [-0.25, -0.2) is 0 Å². The molecule has 10 aliphatic heterocycles. The van der Waals surface area contributed by atoms with Gasteiger partial charge in [-0.15, -0.1) is 0 Å². The Kier molecular flexibility index (Phi) is 28.9. The zero-order chi connectivity index (χ0) is 94.2. The van der Waals surface area contributed by atoms with Crippen LogP contribution < -0.4 is 85.3 Å². The summed E-state index contributed by atoms with van der Waals surface area (Å²) < 4.78 is 111. The molecule has 29 rings (SSSR count). The Balaban J connectivity index is 0.000000638. The molecule has 6 spiro atoms. The predicted octanol–water partition coefficient (Wildman–Crippen LogP) is 19.3. The molecule has 10 heterocycles. The molecule has 0 radical (unpaired) electrons. The molecule has 30 heteroatoms. The van der Waals surface area contributed by atoms with E-state index in [0.29, 0.717) is 157 Å². The molecular formula is C103H106Cl3N3O24. The molecule has 12 saturated carbocycles. The van der Waals surface area contributed by atoms with Crippen LogP contribution in [0.15, 0.2) is 91.0 Å². The van der Waals surface area contributed by atoms with Crippen molar-refractivity contribution in [2.45, 2.75) is 152 Å². The number of rotatable bonds is 15. The molecule has 12 fully saturated rings. The first kappa shape index (κ1) is 95.0. The molecule has 0 amide bonds. The Bertz CT molecular complexity index is 4960. The summed E-state index contributed by atoms with van der Waals surface area (Å²) in [6, 6.07) is 27.8. The van der Waals surface area contributed by atoms with Gasteiger partial charge in [-0.1, -0.05) is 34.8 Å². The van der Waals surface area contributed by atoms with Crippen LogP contribution in [0.25, 0.3) is 0 Å². The first-order valence-corrected chi connectivity index (χ1v) is 45.3. The Labute approximate surface area is 789 Å². The lowest BCUT2D eigenvalue weighted by molar-refractivity contribution is -0.403. The Morgan fingerprint density at radius 2 is 0.391 bits per heavy atom. The second-order valence-electron chi connectivity index (χ2n) is 36.1. The van der Waals surface area contributed by atoms with Crippen molar-refractivity contribution in [3.05, 3.63) is 155 Å². The highest BCUT2D eigenvalue weighted by molar-refractivity contribution is 6.63. The summed E-state index contributed by atoms with van der Waals surface area (Å²) in [5, 5.41) is 30.9. The number of ether oxygens (including phenoxy) is 18. The number of non-ortho nitro benzene ring substituents is 3. The Morgan fingerprint density at radius 3 is 0.504 bits per heavy atom. The number of halogens is 3. The van der Waals surface area contributed by atoms with Crippen LogP contribution in [0.5, 0.6) is 103 Å². The number of benzene rings is 7. The molecule has 7 aromatic carbocycles. The average molecular weight is 1880 g/mol. The van der Waals surface area contributed by atoms with Crippen LogP contribution in [0.1, 0.15) is 149 Å². The van der Waals surface area contributed by atoms with Crippen molar-refractivity contribution in [1.82, 2.24) is 0 Å². The number of hydrogen-bond donors (Lipinski definition) is 0. The van der Waals surface area contributed by atoms with Gasteiger partial charge in [0.05, 0.1) is 118 Å².